The summed E-state index contributed by atoms with van der Waals surface area (Å²) in [4.78, 5) is 0. The van der Waals surface area contributed by atoms with Crippen molar-refractivity contribution in [3.05, 3.63) is 25.1 Å². The second-order valence-electron chi connectivity index (χ2n) is 1.31. The summed E-state index contributed by atoms with van der Waals surface area (Å²) in [5.74, 6) is 0. The van der Waals surface area contributed by atoms with Gasteiger partial charge in [-0.25, -0.2) is 0 Å². The molecule has 0 rings (SSSR count). The van der Waals surface area contributed by atoms with Gasteiger partial charge in [0.05, 0.1) is 0 Å². The molecule has 0 spiro atoms. The average molecular weight is 113 g/mol. The molecule has 0 aliphatic carbocycles. The summed E-state index contributed by atoms with van der Waals surface area (Å²) in [5, 5.41) is 2.86. The molecule has 8 heavy (non-hydrogen) atoms. The van der Waals surface area contributed by atoms with Crippen LogP contribution in [0.1, 0.15) is 20.8 Å². The lowest BCUT2D eigenvalue weighted by Crippen LogP contribution is -1.99. The Labute approximate surface area is 52.1 Å². The molecule has 0 aromatic carbocycles. The van der Waals surface area contributed by atoms with E-state index >= 15 is 0 Å². The van der Waals surface area contributed by atoms with E-state index in [9.17, 15) is 0 Å². The predicted octanol–water partition coefficient (Wildman–Crippen LogP) is 2.28. The lowest BCUT2D eigenvalue weighted by Gasteiger charge is -1.96. The normalized spacial score (nSPS) is 6.62. The summed E-state index contributed by atoms with van der Waals surface area (Å²) in [6.45, 7) is 9.20. The fourth-order valence-electron chi connectivity index (χ4n) is 0.246. The van der Waals surface area contributed by atoms with Gasteiger partial charge in [0.1, 0.15) is 0 Å². The maximum atomic E-state index is 3.68. The third-order valence-electron chi connectivity index (χ3n) is 0.733. The highest BCUT2D eigenvalue weighted by atomic mass is 14.8. The molecule has 0 aromatic rings. The van der Waals surface area contributed by atoms with E-state index < -0.39 is 0 Å². The zero-order valence-electron chi connectivity index (χ0n) is 4.70. The number of rotatable bonds is 3. The van der Waals surface area contributed by atoms with Crippen LogP contribution in [0.15, 0.2) is 25.1 Å². The minimum atomic E-state index is 0. The maximum Gasteiger partial charge on any atom is 0.00704 e. The molecule has 0 aromatic heterocycles. The highest BCUT2D eigenvalue weighted by Gasteiger charge is 1.77. The van der Waals surface area contributed by atoms with Crippen LogP contribution >= 0.6 is 0 Å². The zero-order valence-corrected chi connectivity index (χ0v) is 4.70. The third-order valence-corrected chi connectivity index (χ3v) is 0.733. The molecule has 0 atom stereocenters. The van der Waals surface area contributed by atoms with Crippen LogP contribution in [0, 0.1) is 0 Å². The van der Waals surface area contributed by atoms with Crippen LogP contribution in [0.25, 0.3) is 0 Å². The Morgan fingerprint density at radius 1 is 1.75 bits per heavy atom. The van der Waals surface area contributed by atoms with Crippen LogP contribution in [0.5, 0.6) is 0 Å². The van der Waals surface area contributed by atoms with Gasteiger partial charge in [0.15, 0.2) is 0 Å². The van der Waals surface area contributed by atoms with Gasteiger partial charge in [0, 0.05) is 5.70 Å². The van der Waals surface area contributed by atoms with Crippen molar-refractivity contribution in [2.75, 3.05) is 0 Å². The van der Waals surface area contributed by atoms with Gasteiger partial charge < -0.3 is 5.32 Å². The van der Waals surface area contributed by atoms with Gasteiger partial charge in [-0.3, -0.25) is 0 Å². The van der Waals surface area contributed by atoms with Crippen LogP contribution in [0.4, 0.5) is 0 Å². The number of hydrogen-bond acceptors (Lipinski definition) is 1. The molecule has 1 heteroatoms. The fourth-order valence-corrected chi connectivity index (χ4v) is 0.246. The first-order valence-corrected chi connectivity index (χ1v) is 2.36. The monoisotopic (exact) mass is 113 g/mol. The van der Waals surface area contributed by atoms with Gasteiger partial charge in [-0.2, -0.15) is 0 Å². The molecule has 0 aliphatic heterocycles. The first-order valence-electron chi connectivity index (χ1n) is 2.36. The highest BCUT2D eigenvalue weighted by Crippen LogP contribution is 1.87. The quantitative estimate of drug-likeness (QED) is 0.592. The smallest absolute Gasteiger partial charge is 0.00704 e. The maximum absolute atomic E-state index is 3.68. The molecule has 1 N–H and O–H groups in total. The minimum absolute atomic E-state index is 0. The van der Waals surface area contributed by atoms with Gasteiger partial charge in [0.2, 0.25) is 0 Å². The van der Waals surface area contributed by atoms with Crippen molar-refractivity contribution in [1.82, 2.24) is 5.32 Å². The molecule has 48 valence electrons. The number of nitrogens with one attached hydrogen (secondary N) is 1. The Bertz CT molecular complexity index is 74.5. The van der Waals surface area contributed by atoms with E-state index in [1.54, 1.807) is 6.20 Å². The summed E-state index contributed by atoms with van der Waals surface area (Å²) >= 11 is 0. The molecule has 0 saturated carbocycles. The first-order chi connectivity index (χ1) is 3.31. The Balaban J connectivity index is 0. The molecular formula is C7H15N. The minimum Gasteiger partial charge on any atom is -0.366 e. The van der Waals surface area contributed by atoms with Gasteiger partial charge in [-0.15, -0.1) is 0 Å². The van der Waals surface area contributed by atoms with Crippen molar-refractivity contribution >= 4 is 0 Å². The highest BCUT2D eigenvalue weighted by molar-refractivity contribution is 4.92. The van der Waals surface area contributed by atoms with E-state index in [0.29, 0.717) is 0 Å². The van der Waals surface area contributed by atoms with Crippen molar-refractivity contribution < 1.29 is 0 Å². The zero-order chi connectivity index (χ0) is 5.70. The Morgan fingerprint density at radius 2 is 2.25 bits per heavy atom. The van der Waals surface area contributed by atoms with Crippen molar-refractivity contribution in [1.29, 1.82) is 0 Å². The summed E-state index contributed by atoms with van der Waals surface area (Å²) in [7, 11) is 0. The van der Waals surface area contributed by atoms with Crippen LogP contribution in [-0.2, 0) is 0 Å². The third kappa shape index (κ3) is 5.28. The van der Waals surface area contributed by atoms with Crippen molar-refractivity contribution in [3.8, 4) is 0 Å². The molecule has 0 fully saturated rings. The van der Waals surface area contributed by atoms with Crippen molar-refractivity contribution in [2.45, 2.75) is 20.8 Å². The SMILES string of the molecule is C.C=CNC(=C)CC. The largest absolute Gasteiger partial charge is 0.366 e. The summed E-state index contributed by atoms with van der Waals surface area (Å²) < 4.78 is 0. The predicted molar refractivity (Wildman–Crippen MR) is 39.5 cm³/mol. The van der Waals surface area contributed by atoms with Gasteiger partial charge in [-0.1, -0.05) is 27.5 Å². The topological polar surface area (TPSA) is 12.0 Å². The van der Waals surface area contributed by atoms with E-state index in [1.165, 1.54) is 0 Å². The van der Waals surface area contributed by atoms with Crippen LogP contribution < -0.4 is 5.32 Å². The Hall–Kier alpha value is -0.720. The first kappa shape index (κ1) is 10.3. The van der Waals surface area contributed by atoms with Crippen molar-refractivity contribution in [3.63, 3.8) is 0 Å². The summed E-state index contributed by atoms with van der Waals surface area (Å²) in [5.41, 5.74) is 1.01. The lowest BCUT2D eigenvalue weighted by atomic mass is 10.4. The van der Waals surface area contributed by atoms with Crippen LogP contribution in [0.2, 0.25) is 0 Å². The van der Waals surface area contributed by atoms with E-state index in [1.807, 2.05) is 6.92 Å². The molecule has 1 nitrogen and oxygen atoms in total. The molecule has 0 heterocycles. The number of hydrogen-bond donors (Lipinski definition) is 1. The number of allylic oxidation sites excluding steroid dienone is 1. The van der Waals surface area contributed by atoms with Gasteiger partial charge >= 0.3 is 0 Å². The fraction of sp³-hybridized carbons (Fsp3) is 0.429. The van der Waals surface area contributed by atoms with Gasteiger partial charge in [0.25, 0.3) is 0 Å². The van der Waals surface area contributed by atoms with E-state index in [0.717, 1.165) is 12.1 Å². The second-order valence-corrected chi connectivity index (χ2v) is 1.31. The lowest BCUT2D eigenvalue weighted by molar-refractivity contribution is 0.955. The van der Waals surface area contributed by atoms with E-state index in [4.69, 9.17) is 0 Å². The van der Waals surface area contributed by atoms with E-state index in [-0.39, 0.29) is 7.43 Å². The van der Waals surface area contributed by atoms with Crippen molar-refractivity contribution in [2.24, 2.45) is 0 Å². The molecular weight excluding hydrogens is 98.1 g/mol. The van der Waals surface area contributed by atoms with Gasteiger partial charge in [-0.05, 0) is 12.6 Å². The standard InChI is InChI=1S/C6H11N.CH4/c1-4-6(3)7-5-2;/h5,7H,2-4H2,1H3;1H4. The average Bonchev–Trinajstić information content (AvgIpc) is 1.68. The molecule has 0 radical (unpaired) electrons. The van der Waals surface area contributed by atoms with Crippen LogP contribution in [-0.4, -0.2) is 0 Å². The second kappa shape index (κ2) is 6.28. The molecule has 0 bridgehead atoms. The van der Waals surface area contributed by atoms with Crippen LogP contribution in [0.3, 0.4) is 0 Å². The Kier molecular flexibility index (Phi) is 8.08. The Morgan fingerprint density at radius 3 is 2.38 bits per heavy atom. The molecule has 0 amide bonds. The van der Waals surface area contributed by atoms with E-state index in [2.05, 4.69) is 18.5 Å². The summed E-state index contributed by atoms with van der Waals surface area (Å²) in [6, 6.07) is 0. The molecule has 0 aliphatic rings. The summed E-state index contributed by atoms with van der Waals surface area (Å²) in [6.07, 6.45) is 2.60. The molecule has 0 saturated heterocycles. The molecule has 0 unspecified atom stereocenters.